The summed E-state index contributed by atoms with van der Waals surface area (Å²) in [4.78, 5) is 0. The summed E-state index contributed by atoms with van der Waals surface area (Å²) in [6, 6.07) is 0. The zero-order valence-corrected chi connectivity index (χ0v) is 12.5. The van der Waals surface area contributed by atoms with E-state index in [1.165, 1.54) is 0 Å². The lowest BCUT2D eigenvalue weighted by atomic mass is 10.2. The number of rotatable bonds is 3. The van der Waals surface area contributed by atoms with Crippen molar-refractivity contribution < 1.29 is 4.57 Å². The fourth-order valence-corrected chi connectivity index (χ4v) is 3.29. The van der Waals surface area contributed by atoms with Crippen molar-refractivity contribution >= 4 is 40.3 Å². The maximum absolute atomic E-state index is 4.31. The Bertz CT molecular complexity index is 413. The van der Waals surface area contributed by atoms with Gasteiger partial charge in [0.15, 0.2) is 0 Å². The number of nitrogens with one attached hydrogen (secondary N) is 2. The molecule has 1 unspecified atom stereocenters. The molecule has 2 rings (SSSR count). The first-order chi connectivity index (χ1) is 7.48. The first-order valence-corrected chi connectivity index (χ1v) is 7.22. The average molecular weight is 351 g/mol. The molecule has 2 heterocycles. The predicted octanol–water partition coefficient (Wildman–Crippen LogP) is 1.98. The Labute approximate surface area is 113 Å². The summed E-state index contributed by atoms with van der Waals surface area (Å²) in [7, 11) is 0. The molecule has 1 aliphatic heterocycles. The third-order valence-electron chi connectivity index (χ3n) is 2.31. The molecule has 1 aromatic heterocycles. The average Bonchev–Trinajstić information content (AvgIpc) is 2.55. The highest BCUT2D eigenvalue weighted by Crippen LogP contribution is 2.31. The van der Waals surface area contributed by atoms with Crippen LogP contribution in [0.25, 0.3) is 0 Å². The van der Waals surface area contributed by atoms with Gasteiger partial charge >= 0.3 is 11.1 Å². The lowest BCUT2D eigenvalue weighted by Gasteiger charge is -2.25. The fraction of sp³-hybridized carbons (Fsp3) is 0.600. The zero-order valence-electron chi connectivity index (χ0n) is 9.51. The van der Waals surface area contributed by atoms with E-state index in [1.807, 2.05) is 6.92 Å². The van der Waals surface area contributed by atoms with Crippen molar-refractivity contribution in [3.8, 4) is 0 Å². The molecule has 0 amide bonds. The molecule has 0 fully saturated rings. The number of fused-ring (bicyclic) bond motifs is 1. The van der Waals surface area contributed by atoms with Crippen LogP contribution in [-0.4, -0.2) is 25.9 Å². The maximum atomic E-state index is 4.31. The van der Waals surface area contributed by atoms with Gasteiger partial charge in [0.25, 0.3) is 0 Å². The van der Waals surface area contributed by atoms with Crippen LogP contribution in [0.1, 0.15) is 13.8 Å². The molecule has 0 aliphatic carbocycles. The molecular formula is C10H16IN4S+. The smallest absolute Gasteiger partial charge is 0.291 e. The van der Waals surface area contributed by atoms with Gasteiger partial charge < -0.3 is 0 Å². The van der Waals surface area contributed by atoms with Gasteiger partial charge in [-0.1, -0.05) is 46.5 Å². The van der Waals surface area contributed by atoms with E-state index in [-0.39, 0.29) is 0 Å². The van der Waals surface area contributed by atoms with E-state index in [0.29, 0.717) is 3.42 Å². The van der Waals surface area contributed by atoms with Gasteiger partial charge in [0.1, 0.15) is 0 Å². The molecule has 1 aliphatic rings. The van der Waals surface area contributed by atoms with Gasteiger partial charge in [-0.15, -0.1) is 5.10 Å². The van der Waals surface area contributed by atoms with Gasteiger partial charge in [-0.2, -0.15) is 0 Å². The standard InChI is InChI=1S/C10H15IN4S/c1-7(2)4-12-8-13-14-9-15(8)5-10(3,11)6-16-9/h1,4-6H2,2-3H3,(H,12,13)/p+1. The van der Waals surface area contributed by atoms with Crippen molar-refractivity contribution in [1.82, 2.24) is 10.2 Å². The van der Waals surface area contributed by atoms with E-state index in [4.69, 9.17) is 0 Å². The molecular weight excluding hydrogens is 335 g/mol. The molecule has 0 spiro atoms. The molecule has 1 aromatic rings. The SMILES string of the molecule is C=C(C)CNc1[nH]nc2[n+]1CC(C)(I)CS2. The number of aromatic amines is 1. The van der Waals surface area contributed by atoms with Crippen molar-refractivity contribution in [2.24, 2.45) is 0 Å². The van der Waals surface area contributed by atoms with Crippen molar-refractivity contribution in [3.63, 3.8) is 0 Å². The second-order valence-electron chi connectivity index (χ2n) is 4.45. The van der Waals surface area contributed by atoms with Gasteiger partial charge in [0.05, 0.1) is 16.5 Å². The van der Waals surface area contributed by atoms with Gasteiger partial charge in [0.2, 0.25) is 0 Å². The van der Waals surface area contributed by atoms with E-state index in [2.05, 4.69) is 56.2 Å². The number of hydrogen-bond donors (Lipinski definition) is 2. The van der Waals surface area contributed by atoms with Gasteiger partial charge in [-0.3, -0.25) is 5.32 Å². The summed E-state index contributed by atoms with van der Waals surface area (Å²) >= 11 is 4.32. The van der Waals surface area contributed by atoms with Crippen LogP contribution in [0.5, 0.6) is 0 Å². The molecule has 88 valence electrons. The highest BCUT2D eigenvalue weighted by molar-refractivity contribution is 14.1. The van der Waals surface area contributed by atoms with Crippen LogP contribution in [0.2, 0.25) is 0 Å². The second kappa shape index (κ2) is 4.56. The number of thioether (sulfide) groups is 1. The molecule has 16 heavy (non-hydrogen) atoms. The van der Waals surface area contributed by atoms with Crippen LogP contribution in [-0.2, 0) is 6.54 Å². The lowest BCUT2D eigenvalue weighted by molar-refractivity contribution is -0.723. The normalized spacial score (nSPS) is 23.9. The van der Waals surface area contributed by atoms with Crippen LogP contribution >= 0.6 is 34.4 Å². The Kier molecular flexibility index (Phi) is 3.48. The Hall–Kier alpha value is -0.240. The molecule has 0 aromatic carbocycles. The molecule has 0 saturated carbocycles. The lowest BCUT2D eigenvalue weighted by Crippen LogP contribution is -2.50. The minimum absolute atomic E-state index is 0.295. The number of anilines is 1. The quantitative estimate of drug-likeness (QED) is 0.379. The Morgan fingerprint density at radius 1 is 1.81 bits per heavy atom. The van der Waals surface area contributed by atoms with Crippen molar-refractivity contribution in [2.45, 2.75) is 29.0 Å². The summed E-state index contributed by atoms with van der Waals surface area (Å²) in [6.07, 6.45) is 0. The van der Waals surface area contributed by atoms with E-state index < -0.39 is 0 Å². The first-order valence-electron chi connectivity index (χ1n) is 5.16. The van der Waals surface area contributed by atoms with Crippen LogP contribution < -0.4 is 9.88 Å². The molecule has 1 atom stereocenters. The summed E-state index contributed by atoms with van der Waals surface area (Å²) in [6.45, 7) is 9.94. The fourth-order valence-electron chi connectivity index (χ4n) is 1.53. The van der Waals surface area contributed by atoms with Crippen LogP contribution in [0.15, 0.2) is 17.3 Å². The monoisotopic (exact) mass is 351 g/mol. The highest BCUT2D eigenvalue weighted by Gasteiger charge is 2.34. The number of alkyl halides is 1. The van der Waals surface area contributed by atoms with Crippen LogP contribution in [0, 0.1) is 0 Å². The van der Waals surface area contributed by atoms with E-state index in [0.717, 1.165) is 35.5 Å². The summed E-state index contributed by atoms with van der Waals surface area (Å²) in [5, 5.41) is 11.7. The molecule has 0 bridgehead atoms. The third-order valence-corrected chi connectivity index (χ3v) is 4.90. The number of aromatic nitrogens is 3. The summed E-state index contributed by atoms with van der Waals surface area (Å²) < 4.78 is 2.51. The Morgan fingerprint density at radius 2 is 2.56 bits per heavy atom. The van der Waals surface area contributed by atoms with Gasteiger partial charge in [-0.25, -0.2) is 4.57 Å². The predicted molar refractivity (Wildman–Crippen MR) is 75.2 cm³/mol. The van der Waals surface area contributed by atoms with Gasteiger partial charge in [-0.05, 0) is 13.8 Å². The molecule has 0 radical (unpaired) electrons. The number of nitrogens with zero attached hydrogens (tertiary/aromatic N) is 2. The Balaban J connectivity index is 2.16. The van der Waals surface area contributed by atoms with Crippen LogP contribution in [0.4, 0.5) is 5.95 Å². The van der Waals surface area contributed by atoms with Crippen LogP contribution in [0.3, 0.4) is 0 Å². The number of hydrogen-bond acceptors (Lipinski definition) is 3. The molecule has 4 nitrogen and oxygen atoms in total. The molecule has 0 saturated heterocycles. The van der Waals surface area contributed by atoms with Gasteiger partial charge in [0, 0.05) is 10.9 Å². The zero-order chi connectivity index (χ0) is 11.8. The highest BCUT2D eigenvalue weighted by atomic mass is 127. The summed E-state index contributed by atoms with van der Waals surface area (Å²) in [5.74, 6) is 2.09. The largest absolute Gasteiger partial charge is 0.343 e. The van der Waals surface area contributed by atoms with Crippen molar-refractivity contribution in [3.05, 3.63) is 12.2 Å². The molecule has 6 heteroatoms. The number of H-pyrrole nitrogens is 1. The van der Waals surface area contributed by atoms with Crippen molar-refractivity contribution in [2.75, 3.05) is 17.6 Å². The van der Waals surface area contributed by atoms with Crippen molar-refractivity contribution in [1.29, 1.82) is 0 Å². The molecule has 2 N–H and O–H groups in total. The topological polar surface area (TPSA) is 44.6 Å². The number of halogens is 1. The minimum Gasteiger partial charge on any atom is -0.291 e. The maximum Gasteiger partial charge on any atom is 0.343 e. The minimum atomic E-state index is 0.295. The van der Waals surface area contributed by atoms with E-state index in [9.17, 15) is 0 Å². The second-order valence-corrected chi connectivity index (χ2v) is 8.00. The Morgan fingerprint density at radius 3 is 3.25 bits per heavy atom. The summed E-state index contributed by atoms with van der Waals surface area (Å²) in [5.41, 5.74) is 1.12. The first kappa shape index (κ1) is 12.2. The van der Waals surface area contributed by atoms with E-state index in [1.54, 1.807) is 11.8 Å². The van der Waals surface area contributed by atoms with E-state index >= 15 is 0 Å². The third kappa shape index (κ3) is 2.71.